The molecule has 1 heterocycles. The molecule has 70 valence electrons. The number of likely N-dealkylation sites (N-methyl/N-ethyl adjacent to an activating group) is 1. The van der Waals surface area contributed by atoms with Gasteiger partial charge in [-0.1, -0.05) is 13.8 Å². The molecule has 12 heavy (non-hydrogen) atoms. The summed E-state index contributed by atoms with van der Waals surface area (Å²) >= 11 is 0. The zero-order chi connectivity index (χ0) is 9.14. The van der Waals surface area contributed by atoms with E-state index in [9.17, 15) is 4.79 Å². The molecular weight excluding hydrogens is 154 g/mol. The van der Waals surface area contributed by atoms with Gasteiger partial charge >= 0.3 is 6.03 Å². The van der Waals surface area contributed by atoms with Crippen LogP contribution in [0.4, 0.5) is 4.79 Å². The Hall–Kier alpha value is -0.770. The van der Waals surface area contributed by atoms with Gasteiger partial charge in [0.1, 0.15) is 0 Å². The molecule has 1 fully saturated rings. The van der Waals surface area contributed by atoms with Gasteiger partial charge in [-0.25, -0.2) is 4.79 Å². The molecule has 0 spiro atoms. The molecule has 1 aliphatic rings. The molecule has 2 unspecified atom stereocenters. The smallest absolute Gasteiger partial charge is 0.312 e. The van der Waals surface area contributed by atoms with Crippen molar-refractivity contribution in [3.8, 4) is 0 Å². The van der Waals surface area contributed by atoms with Crippen molar-refractivity contribution in [2.75, 3.05) is 19.6 Å². The number of likely N-dealkylation sites (tertiary alicyclic amines) is 1. The van der Waals surface area contributed by atoms with Crippen molar-refractivity contribution in [3.05, 3.63) is 0 Å². The zero-order valence-electron chi connectivity index (χ0n) is 7.71. The number of amides is 2. The Morgan fingerprint density at radius 1 is 1.67 bits per heavy atom. The fourth-order valence-corrected chi connectivity index (χ4v) is 1.70. The molecule has 3 N–H and O–H groups in total. The minimum Gasteiger partial charge on any atom is -0.352 e. The Bertz CT molecular complexity index is 172. The van der Waals surface area contributed by atoms with Crippen LogP contribution in [-0.2, 0) is 0 Å². The van der Waals surface area contributed by atoms with E-state index in [-0.39, 0.29) is 6.04 Å². The summed E-state index contributed by atoms with van der Waals surface area (Å²) in [7, 11) is 0. The molecule has 2 amide bonds. The molecule has 2 atom stereocenters. The van der Waals surface area contributed by atoms with Crippen molar-refractivity contribution in [1.82, 2.24) is 10.2 Å². The summed E-state index contributed by atoms with van der Waals surface area (Å²) < 4.78 is 0. The van der Waals surface area contributed by atoms with Crippen LogP contribution in [-0.4, -0.2) is 36.6 Å². The van der Waals surface area contributed by atoms with E-state index in [0.717, 1.165) is 19.6 Å². The maximum Gasteiger partial charge on any atom is 0.312 e. The van der Waals surface area contributed by atoms with Gasteiger partial charge in [0.05, 0.1) is 0 Å². The standard InChI is InChI=1S/C8H17N3O/c1-3-11-4-6(2)7(5-11)10-8(9)12/h6-7H,3-5H2,1-2H3,(H3,9,10,12). The van der Waals surface area contributed by atoms with E-state index in [4.69, 9.17) is 5.73 Å². The van der Waals surface area contributed by atoms with Gasteiger partial charge < -0.3 is 16.0 Å². The Kier molecular flexibility index (Phi) is 2.92. The van der Waals surface area contributed by atoms with Crippen molar-refractivity contribution < 1.29 is 4.79 Å². The minimum atomic E-state index is -0.412. The second kappa shape index (κ2) is 3.76. The minimum absolute atomic E-state index is 0.238. The zero-order valence-corrected chi connectivity index (χ0v) is 7.71. The highest BCUT2D eigenvalue weighted by Crippen LogP contribution is 2.15. The number of hydrogen-bond donors (Lipinski definition) is 2. The van der Waals surface area contributed by atoms with Gasteiger partial charge in [0, 0.05) is 19.1 Å². The predicted octanol–water partition coefficient (Wildman–Crippen LogP) is -0.00510. The maximum absolute atomic E-state index is 10.6. The second-order valence-electron chi connectivity index (χ2n) is 3.44. The van der Waals surface area contributed by atoms with Gasteiger partial charge in [-0.2, -0.15) is 0 Å². The molecule has 4 nitrogen and oxygen atoms in total. The first kappa shape index (κ1) is 9.32. The first-order chi connectivity index (χ1) is 5.63. The monoisotopic (exact) mass is 171 g/mol. The molecular formula is C8H17N3O. The van der Waals surface area contributed by atoms with E-state index >= 15 is 0 Å². The van der Waals surface area contributed by atoms with Crippen molar-refractivity contribution in [3.63, 3.8) is 0 Å². The fourth-order valence-electron chi connectivity index (χ4n) is 1.70. The molecule has 0 aromatic carbocycles. The van der Waals surface area contributed by atoms with Crippen LogP contribution in [0.3, 0.4) is 0 Å². The lowest BCUT2D eigenvalue weighted by molar-refractivity contribution is 0.243. The molecule has 1 rings (SSSR count). The largest absolute Gasteiger partial charge is 0.352 e. The molecule has 0 saturated carbocycles. The Balaban J connectivity index is 2.40. The van der Waals surface area contributed by atoms with Gasteiger partial charge in [-0.15, -0.1) is 0 Å². The highest BCUT2D eigenvalue weighted by atomic mass is 16.2. The predicted molar refractivity (Wildman–Crippen MR) is 47.8 cm³/mol. The van der Waals surface area contributed by atoms with Crippen LogP contribution in [0.5, 0.6) is 0 Å². The normalized spacial score (nSPS) is 30.5. The van der Waals surface area contributed by atoms with Crippen molar-refractivity contribution in [2.45, 2.75) is 19.9 Å². The molecule has 0 aromatic rings. The van der Waals surface area contributed by atoms with Crippen molar-refractivity contribution >= 4 is 6.03 Å². The molecule has 0 radical (unpaired) electrons. The lowest BCUT2D eigenvalue weighted by Crippen LogP contribution is -2.42. The first-order valence-corrected chi connectivity index (χ1v) is 4.41. The SMILES string of the molecule is CCN1CC(C)C(NC(N)=O)C1. The van der Waals surface area contributed by atoms with E-state index in [2.05, 4.69) is 24.1 Å². The van der Waals surface area contributed by atoms with Crippen molar-refractivity contribution in [2.24, 2.45) is 11.7 Å². The molecule has 0 bridgehead atoms. The van der Waals surface area contributed by atoms with E-state index < -0.39 is 6.03 Å². The van der Waals surface area contributed by atoms with Crippen LogP contribution in [0.2, 0.25) is 0 Å². The number of nitrogens with zero attached hydrogens (tertiary/aromatic N) is 1. The first-order valence-electron chi connectivity index (χ1n) is 4.41. The lowest BCUT2D eigenvalue weighted by Gasteiger charge is -2.14. The molecule has 1 saturated heterocycles. The summed E-state index contributed by atoms with van der Waals surface area (Å²) in [4.78, 5) is 12.9. The van der Waals surface area contributed by atoms with Crippen LogP contribution in [0, 0.1) is 5.92 Å². The average molecular weight is 171 g/mol. The van der Waals surface area contributed by atoms with Gasteiger partial charge in [-0.05, 0) is 12.5 Å². The fraction of sp³-hybridized carbons (Fsp3) is 0.875. The number of hydrogen-bond acceptors (Lipinski definition) is 2. The number of carbonyl (C=O) groups excluding carboxylic acids is 1. The highest BCUT2D eigenvalue weighted by molar-refractivity contribution is 5.72. The van der Waals surface area contributed by atoms with Crippen molar-refractivity contribution in [1.29, 1.82) is 0 Å². The lowest BCUT2D eigenvalue weighted by atomic mass is 10.1. The molecule has 0 aromatic heterocycles. The topological polar surface area (TPSA) is 58.4 Å². The number of nitrogens with one attached hydrogen (secondary N) is 1. The summed E-state index contributed by atoms with van der Waals surface area (Å²) in [6.07, 6.45) is 0. The highest BCUT2D eigenvalue weighted by Gasteiger charge is 2.28. The molecule has 4 heteroatoms. The Labute approximate surface area is 73.1 Å². The molecule has 1 aliphatic heterocycles. The van der Waals surface area contributed by atoms with E-state index in [1.54, 1.807) is 0 Å². The third kappa shape index (κ3) is 2.11. The molecule has 0 aliphatic carbocycles. The average Bonchev–Trinajstić information content (AvgIpc) is 2.31. The number of rotatable bonds is 2. The summed E-state index contributed by atoms with van der Waals surface area (Å²) in [6, 6.07) is -0.174. The summed E-state index contributed by atoms with van der Waals surface area (Å²) in [6.45, 7) is 7.29. The van der Waals surface area contributed by atoms with Crippen LogP contribution in [0.15, 0.2) is 0 Å². The van der Waals surface area contributed by atoms with E-state index in [1.165, 1.54) is 0 Å². The Morgan fingerprint density at radius 3 is 2.75 bits per heavy atom. The summed E-state index contributed by atoms with van der Waals surface area (Å²) in [5.74, 6) is 0.512. The van der Waals surface area contributed by atoms with Crippen LogP contribution in [0.1, 0.15) is 13.8 Å². The summed E-state index contributed by atoms with van der Waals surface area (Å²) in [5, 5.41) is 2.75. The number of carbonyl (C=O) groups is 1. The quantitative estimate of drug-likeness (QED) is 0.614. The van der Waals surface area contributed by atoms with Crippen LogP contribution < -0.4 is 11.1 Å². The van der Waals surface area contributed by atoms with E-state index in [0.29, 0.717) is 5.92 Å². The maximum atomic E-state index is 10.6. The van der Waals surface area contributed by atoms with Gasteiger partial charge in [0.25, 0.3) is 0 Å². The number of primary amides is 1. The van der Waals surface area contributed by atoms with Crippen LogP contribution in [0.25, 0.3) is 0 Å². The summed E-state index contributed by atoms with van der Waals surface area (Å²) in [5.41, 5.74) is 5.05. The number of urea groups is 1. The van der Waals surface area contributed by atoms with Gasteiger partial charge in [0.2, 0.25) is 0 Å². The van der Waals surface area contributed by atoms with Gasteiger partial charge in [-0.3, -0.25) is 0 Å². The van der Waals surface area contributed by atoms with E-state index in [1.807, 2.05) is 0 Å². The Morgan fingerprint density at radius 2 is 2.33 bits per heavy atom. The third-order valence-corrected chi connectivity index (χ3v) is 2.46. The van der Waals surface area contributed by atoms with Gasteiger partial charge in [0.15, 0.2) is 0 Å². The third-order valence-electron chi connectivity index (χ3n) is 2.46. The second-order valence-corrected chi connectivity index (χ2v) is 3.44. The number of nitrogens with two attached hydrogens (primary N) is 1. The van der Waals surface area contributed by atoms with Crippen LogP contribution >= 0.6 is 0 Å².